The molecule has 118 valence electrons. The van der Waals surface area contributed by atoms with Gasteiger partial charge < -0.3 is 25.4 Å². The molecule has 1 fully saturated rings. The molecule has 0 unspecified atom stereocenters. The van der Waals surface area contributed by atoms with Gasteiger partial charge >= 0.3 is 0 Å². The highest BCUT2D eigenvalue weighted by Gasteiger charge is 2.22. The Balaban J connectivity index is 1.64. The molecule has 22 heavy (non-hydrogen) atoms. The maximum atomic E-state index is 12.3. The number of morpholine rings is 1. The number of anilines is 1. The molecule has 0 bridgehead atoms. The lowest BCUT2D eigenvalue weighted by molar-refractivity contribution is 0.00681. The van der Waals surface area contributed by atoms with Crippen LogP contribution in [0.5, 0.6) is 5.75 Å². The average molecular weight is 303 g/mol. The third-order valence-corrected chi connectivity index (χ3v) is 3.96. The van der Waals surface area contributed by atoms with E-state index >= 15 is 0 Å². The lowest BCUT2D eigenvalue weighted by Gasteiger charge is -2.28. The van der Waals surface area contributed by atoms with Gasteiger partial charge in [-0.25, -0.2) is 0 Å². The summed E-state index contributed by atoms with van der Waals surface area (Å²) in [5, 5.41) is 2.80. The van der Waals surface area contributed by atoms with Gasteiger partial charge in [0, 0.05) is 36.8 Å². The number of ether oxygens (including phenoxy) is 2. The zero-order valence-corrected chi connectivity index (χ0v) is 12.7. The molecule has 1 aromatic carbocycles. The summed E-state index contributed by atoms with van der Waals surface area (Å²) >= 11 is 0. The van der Waals surface area contributed by atoms with Crippen molar-refractivity contribution < 1.29 is 14.3 Å². The van der Waals surface area contributed by atoms with Crippen molar-refractivity contribution in [3.8, 4) is 5.75 Å². The number of amides is 1. The fourth-order valence-electron chi connectivity index (χ4n) is 2.77. The van der Waals surface area contributed by atoms with E-state index in [-0.39, 0.29) is 12.0 Å². The van der Waals surface area contributed by atoms with Crippen molar-refractivity contribution in [1.82, 2.24) is 10.2 Å². The van der Waals surface area contributed by atoms with Crippen molar-refractivity contribution in [2.75, 3.05) is 39.1 Å². The second-order valence-corrected chi connectivity index (χ2v) is 5.61. The normalized spacial score (nSPS) is 21.6. The van der Waals surface area contributed by atoms with Gasteiger partial charge in [0.05, 0.1) is 25.0 Å². The van der Waals surface area contributed by atoms with Gasteiger partial charge in [0.2, 0.25) is 0 Å². The Morgan fingerprint density at radius 1 is 1.45 bits per heavy atom. The quantitative estimate of drug-likeness (QED) is 0.807. The number of rotatable bonds is 3. The number of carbonyl (C=O) groups is 1. The molecule has 2 heterocycles. The Morgan fingerprint density at radius 2 is 2.32 bits per heavy atom. The van der Waals surface area contributed by atoms with Crippen molar-refractivity contribution in [2.24, 2.45) is 0 Å². The van der Waals surface area contributed by atoms with Crippen molar-refractivity contribution in [2.45, 2.75) is 12.5 Å². The van der Waals surface area contributed by atoms with E-state index in [9.17, 15) is 4.79 Å². The van der Waals surface area contributed by atoms with Gasteiger partial charge in [0.1, 0.15) is 5.75 Å². The van der Waals surface area contributed by atoms with Crippen LogP contribution in [0.4, 0.5) is 5.69 Å². The van der Waals surface area contributed by atoms with E-state index in [1.807, 2.05) is 6.08 Å². The van der Waals surface area contributed by atoms with E-state index in [4.69, 9.17) is 15.2 Å². The van der Waals surface area contributed by atoms with Crippen molar-refractivity contribution in [3.05, 3.63) is 35.5 Å². The third kappa shape index (κ3) is 3.08. The van der Waals surface area contributed by atoms with Crippen LogP contribution in [0, 0.1) is 0 Å². The summed E-state index contributed by atoms with van der Waals surface area (Å²) < 4.78 is 11.1. The van der Waals surface area contributed by atoms with Gasteiger partial charge in [-0.2, -0.15) is 0 Å². The summed E-state index contributed by atoms with van der Waals surface area (Å²) in [7, 11) is 2.06. The Kier molecular flexibility index (Phi) is 4.31. The largest absolute Gasteiger partial charge is 0.491 e. The smallest absolute Gasteiger partial charge is 0.255 e. The van der Waals surface area contributed by atoms with Crippen LogP contribution in [0.2, 0.25) is 0 Å². The molecule has 0 aliphatic carbocycles. The minimum Gasteiger partial charge on any atom is -0.491 e. The second-order valence-electron chi connectivity index (χ2n) is 5.61. The molecule has 0 saturated carbocycles. The van der Waals surface area contributed by atoms with Crippen molar-refractivity contribution >= 4 is 11.6 Å². The number of carbonyl (C=O) groups excluding carboxylic acids is 1. The molecular weight excluding hydrogens is 282 g/mol. The Morgan fingerprint density at radius 3 is 3.14 bits per heavy atom. The standard InChI is InChI=1S/C16H21N3O3/c1-19-7-9-21-11(10-19)4-6-18-16(20)13-2-3-14(17)15-12(13)5-8-22-15/h2-4,6,11H,5,7-10,17H2,1H3,(H,18,20)/b6-4+/t11-/m0/s1. The molecule has 2 aliphatic rings. The maximum Gasteiger partial charge on any atom is 0.255 e. The zero-order valence-electron chi connectivity index (χ0n) is 12.7. The van der Waals surface area contributed by atoms with Crippen LogP contribution in [0.15, 0.2) is 24.4 Å². The van der Waals surface area contributed by atoms with E-state index in [0.29, 0.717) is 36.6 Å². The van der Waals surface area contributed by atoms with E-state index in [2.05, 4.69) is 17.3 Å². The molecule has 1 atom stereocenters. The van der Waals surface area contributed by atoms with Gasteiger partial charge in [-0.15, -0.1) is 0 Å². The summed E-state index contributed by atoms with van der Waals surface area (Å²) in [5.74, 6) is 0.496. The molecular formula is C16H21N3O3. The number of likely N-dealkylation sites (N-methyl/N-ethyl adjacent to an activating group) is 1. The fourth-order valence-corrected chi connectivity index (χ4v) is 2.77. The molecule has 3 N–H and O–H groups in total. The van der Waals surface area contributed by atoms with Crippen LogP contribution in [-0.4, -0.2) is 50.3 Å². The highest BCUT2D eigenvalue weighted by atomic mass is 16.5. The Hall–Kier alpha value is -2.05. The predicted octanol–water partition coefficient (Wildman–Crippen LogP) is 0.778. The minimum atomic E-state index is -0.151. The number of benzene rings is 1. The number of hydrogen-bond donors (Lipinski definition) is 2. The van der Waals surface area contributed by atoms with E-state index in [1.54, 1.807) is 18.3 Å². The van der Waals surface area contributed by atoms with E-state index in [1.165, 1.54) is 0 Å². The van der Waals surface area contributed by atoms with Crippen molar-refractivity contribution in [1.29, 1.82) is 0 Å². The minimum absolute atomic E-state index is 0.0134. The number of nitrogens with zero attached hydrogens (tertiary/aromatic N) is 1. The monoisotopic (exact) mass is 303 g/mol. The van der Waals surface area contributed by atoms with Gasteiger partial charge in [-0.05, 0) is 25.3 Å². The van der Waals surface area contributed by atoms with Crippen molar-refractivity contribution in [3.63, 3.8) is 0 Å². The molecule has 1 aromatic rings. The Bertz CT molecular complexity index is 601. The summed E-state index contributed by atoms with van der Waals surface area (Å²) in [5.41, 5.74) is 7.95. The lowest BCUT2D eigenvalue weighted by Crippen LogP contribution is -2.39. The molecule has 0 spiro atoms. The topological polar surface area (TPSA) is 76.8 Å². The number of nitrogen functional groups attached to an aromatic ring is 1. The van der Waals surface area contributed by atoms with Gasteiger partial charge in [-0.3, -0.25) is 4.79 Å². The summed E-state index contributed by atoms with van der Waals surface area (Å²) in [6, 6.07) is 3.46. The molecule has 1 amide bonds. The lowest BCUT2D eigenvalue weighted by atomic mass is 10.0. The molecule has 6 heteroatoms. The van der Waals surface area contributed by atoms with Gasteiger partial charge in [-0.1, -0.05) is 0 Å². The first-order chi connectivity index (χ1) is 10.6. The maximum absolute atomic E-state index is 12.3. The molecule has 2 aliphatic heterocycles. The number of fused-ring (bicyclic) bond motifs is 1. The van der Waals surface area contributed by atoms with Crippen LogP contribution in [0.25, 0.3) is 0 Å². The van der Waals surface area contributed by atoms with Gasteiger partial charge in [0.15, 0.2) is 0 Å². The third-order valence-electron chi connectivity index (χ3n) is 3.96. The molecule has 6 nitrogen and oxygen atoms in total. The first kappa shape index (κ1) is 14.9. The summed E-state index contributed by atoms with van der Waals surface area (Å²) in [4.78, 5) is 14.5. The molecule has 0 radical (unpaired) electrons. The average Bonchev–Trinajstić information content (AvgIpc) is 2.98. The molecule has 1 saturated heterocycles. The fraction of sp³-hybridized carbons (Fsp3) is 0.438. The zero-order chi connectivity index (χ0) is 15.5. The SMILES string of the molecule is CN1CCO[C@@H](/C=C/NC(=O)c2ccc(N)c3c2CCO3)C1. The van der Waals surface area contributed by atoms with Crippen LogP contribution in [0.3, 0.4) is 0 Å². The highest BCUT2D eigenvalue weighted by molar-refractivity contribution is 5.98. The Labute approximate surface area is 129 Å². The van der Waals surface area contributed by atoms with E-state index < -0.39 is 0 Å². The highest BCUT2D eigenvalue weighted by Crippen LogP contribution is 2.34. The van der Waals surface area contributed by atoms with E-state index in [0.717, 1.165) is 18.7 Å². The van der Waals surface area contributed by atoms with Crippen LogP contribution in [-0.2, 0) is 11.2 Å². The second kappa shape index (κ2) is 6.37. The molecule has 0 aromatic heterocycles. The number of nitrogens with one attached hydrogen (secondary N) is 1. The summed E-state index contributed by atoms with van der Waals surface area (Å²) in [6.45, 7) is 3.05. The summed E-state index contributed by atoms with van der Waals surface area (Å²) in [6.07, 6.45) is 4.26. The predicted molar refractivity (Wildman–Crippen MR) is 83.9 cm³/mol. The number of nitrogens with two attached hydrogens (primary N) is 1. The van der Waals surface area contributed by atoms with Crippen LogP contribution >= 0.6 is 0 Å². The number of hydrogen-bond acceptors (Lipinski definition) is 5. The van der Waals surface area contributed by atoms with Gasteiger partial charge in [0.25, 0.3) is 5.91 Å². The van der Waals surface area contributed by atoms with Crippen LogP contribution < -0.4 is 15.8 Å². The molecule has 3 rings (SSSR count). The van der Waals surface area contributed by atoms with Crippen LogP contribution in [0.1, 0.15) is 15.9 Å². The first-order valence-electron chi connectivity index (χ1n) is 7.47. The first-order valence-corrected chi connectivity index (χ1v) is 7.47.